The van der Waals surface area contributed by atoms with Gasteiger partial charge in [-0.2, -0.15) is 0 Å². The van der Waals surface area contributed by atoms with E-state index in [4.69, 9.17) is 4.74 Å². The van der Waals surface area contributed by atoms with Gasteiger partial charge in [-0.1, -0.05) is 30.3 Å². The Kier molecular flexibility index (Phi) is 7.71. The summed E-state index contributed by atoms with van der Waals surface area (Å²) in [4.78, 5) is 18.6. The molecule has 0 aliphatic rings. The van der Waals surface area contributed by atoms with Crippen molar-refractivity contribution in [1.82, 2.24) is 15.2 Å². The van der Waals surface area contributed by atoms with Crippen LogP contribution in [0.2, 0.25) is 0 Å². The van der Waals surface area contributed by atoms with Gasteiger partial charge >= 0.3 is 6.03 Å². The smallest absolute Gasteiger partial charge is 0.317 e. The van der Waals surface area contributed by atoms with Crippen molar-refractivity contribution in [2.24, 2.45) is 0 Å². The maximum Gasteiger partial charge on any atom is 0.317 e. The molecule has 24 heavy (non-hydrogen) atoms. The van der Waals surface area contributed by atoms with Gasteiger partial charge in [-0.05, 0) is 25.3 Å². The second kappa shape index (κ2) is 10.1. The van der Waals surface area contributed by atoms with Crippen LogP contribution in [-0.2, 0) is 17.7 Å². The number of aromatic nitrogens is 1. The van der Waals surface area contributed by atoms with Crippen molar-refractivity contribution >= 4 is 17.4 Å². The van der Waals surface area contributed by atoms with Crippen molar-refractivity contribution in [3.8, 4) is 0 Å². The Morgan fingerprint density at radius 1 is 1.29 bits per heavy atom. The third-order valence-electron chi connectivity index (χ3n) is 3.65. The molecule has 0 fully saturated rings. The van der Waals surface area contributed by atoms with Crippen LogP contribution in [0.3, 0.4) is 0 Å². The van der Waals surface area contributed by atoms with Crippen LogP contribution in [0.4, 0.5) is 4.79 Å². The summed E-state index contributed by atoms with van der Waals surface area (Å²) in [5.74, 6) is 0. The number of ether oxygens (including phenoxy) is 1. The van der Waals surface area contributed by atoms with Crippen molar-refractivity contribution in [3.05, 3.63) is 52.0 Å². The van der Waals surface area contributed by atoms with Crippen LogP contribution in [0, 0.1) is 6.92 Å². The minimum absolute atomic E-state index is 0.0621. The third-order valence-corrected chi connectivity index (χ3v) is 4.61. The molecule has 2 aromatic rings. The standard InChI is InChI=1S/C18H25N3O2S/c1-15-14-24-17(20-15)13-19-18(22)21(11-12-23-2)10-6-9-16-7-4-3-5-8-16/h3-5,7-8,14H,6,9-13H2,1-2H3,(H,19,22). The first-order chi connectivity index (χ1) is 11.7. The van der Waals surface area contributed by atoms with Crippen LogP contribution in [0.25, 0.3) is 0 Å². The molecule has 0 atom stereocenters. The van der Waals surface area contributed by atoms with E-state index in [1.54, 1.807) is 18.4 Å². The molecule has 5 nitrogen and oxygen atoms in total. The largest absolute Gasteiger partial charge is 0.383 e. The Morgan fingerprint density at radius 3 is 2.75 bits per heavy atom. The van der Waals surface area contributed by atoms with Gasteiger partial charge in [0.1, 0.15) is 5.01 Å². The topological polar surface area (TPSA) is 54.5 Å². The van der Waals surface area contributed by atoms with Crippen LogP contribution < -0.4 is 5.32 Å². The Morgan fingerprint density at radius 2 is 2.08 bits per heavy atom. The summed E-state index contributed by atoms with van der Waals surface area (Å²) in [6, 6.07) is 10.3. The van der Waals surface area contributed by atoms with Gasteiger partial charge in [0.05, 0.1) is 13.2 Å². The number of nitrogens with zero attached hydrogens (tertiary/aromatic N) is 2. The number of carbonyl (C=O) groups is 1. The average molecular weight is 347 g/mol. The summed E-state index contributed by atoms with van der Waals surface area (Å²) in [5, 5.41) is 5.87. The summed E-state index contributed by atoms with van der Waals surface area (Å²) in [6.07, 6.45) is 1.89. The van der Waals surface area contributed by atoms with Crippen molar-refractivity contribution in [1.29, 1.82) is 0 Å². The number of urea groups is 1. The first kappa shape index (κ1) is 18.4. The van der Waals surface area contributed by atoms with Gasteiger partial charge in [0.2, 0.25) is 0 Å². The molecule has 0 saturated heterocycles. The van der Waals surface area contributed by atoms with Gasteiger partial charge in [-0.15, -0.1) is 11.3 Å². The molecule has 1 heterocycles. The fourth-order valence-electron chi connectivity index (χ4n) is 2.38. The third kappa shape index (κ3) is 6.29. The summed E-state index contributed by atoms with van der Waals surface area (Å²) >= 11 is 1.57. The first-order valence-electron chi connectivity index (χ1n) is 8.15. The van der Waals surface area contributed by atoms with Gasteiger partial charge in [0.15, 0.2) is 0 Å². The zero-order chi connectivity index (χ0) is 17.2. The Balaban J connectivity index is 1.80. The molecule has 0 unspecified atom stereocenters. The molecule has 1 aromatic heterocycles. The highest BCUT2D eigenvalue weighted by Gasteiger charge is 2.13. The maximum atomic E-state index is 12.4. The van der Waals surface area contributed by atoms with Crippen LogP contribution >= 0.6 is 11.3 Å². The molecule has 0 spiro atoms. The second-order valence-corrected chi connectivity index (χ2v) is 6.55. The van der Waals surface area contributed by atoms with Gasteiger partial charge in [0, 0.05) is 31.3 Å². The van der Waals surface area contributed by atoms with Crippen LogP contribution in [-0.4, -0.2) is 42.7 Å². The van der Waals surface area contributed by atoms with Crippen molar-refractivity contribution in [2.75, 3.05) is 26.8 Å². The SMILES string of the molecule is COCCN(CCCc1ccccc1)C(=O)NCc1nc(C)cs1. The summed E-state index contributed by atoms with van der Waals surface area (Å²) in [6.45, 7) is 4.26. The number of carbonyl (C=O) groups excluding carboxylic acids is 1. The Labute approximate surface area is 147 Å². The number of aryl methyl sites for hydroxylation is 2. The number of amides is 2. The van der Waals surface area contributed by atoms with Gasteiger partial charge in [-0.25, -0.2) is 9.78 Å². The van der Waals surface area contributed by atoms with Crippen molar-refractivity contribution in [2.45, 2.75) is 26.3 Å². The molecule has 0 aliphatic carbocycles. The van der Waals surface area contributed by atoms with E-state index in [0.29, 0.717) is 26.2 Å². The molecule has 0 aliphatic heterocycles. The number of benzene rings is 1. The molecular formula is C18H25N3O2S. The van der Waals surface area contributed by atoms with Gasteiger partial charge < -0.3 is 15.0 Å². The van der Waals surface area contributed by atoms with Crippen LogP contribution in [0.5, 0.6) is 0 Å². The van der Waals surface area contributed by atoms with E-state index in [9.17, 15) is 4.79 Å². The normalized spacial score (nSPS) is 10.6. The van der Waals surface area contributed by atoms with Gasteiger partial charge in [-0.3, -0.25) is 0 Å². The Hall–Kier alpha value is -1.92. The number of methoxy groups -OCH3 is 1. The minimum Gasteiger partial charge on any atom is -0.383 e. The van der Waals surface area contributed by atoms with Crippen molar-refractivity contribution in [3.63, 3.8) is 0 Å². The lowest BCUT2D eigenvalue weighted by Gasteiger charge is -2.22. The van der Waals surface area contributed by atoms with E-state index in [2.05, 4.69) is 22.4 Å². The van der Waals surface area contributed by atoms with E-state index in [1.807, 2.05) is 35.4 Å². The highest BCUT2D eigenvalue weighted by Crippen LogP contribution is 2.08. The first-order valence-corrected chi connectivity index (χ1v) is 9.03. The van der Waals surface area contributed by atoms with E-state index in [0.717, 1.165) is 23.5 Å². The minimum atomic E-state index is -0.0621. The fraction of sp³-hybridized carbons (Fsp3) is 0.444. The van der Waals surface area contributed by atoms with Crippen LogP contribution in [0.1, 0.15) is 22.7 Å². The second-order valence-electron chi connectivity index (χ2n) is 5.61. The zero-order valence-electron chi connectivity index (χ0n) is 14.3. The lowest BCUT2D eigenvalue weighted by Crippen LogP contribution is -2.42. The molecule has 2 amide bonds. The summed E-state index contributed by atoms with van der Waals surface area (Å²) in [7, 11) is 1.65. The molecular weight excluding hydrogens is 322 g/mol. The molecule has 1 N–H and O–H groups in total. The molecule has 1 aromatic carbocycles. The van der Waals surface area contributed by atoms with E-state index in [1.165, 1.54) is 5.56 Å². The molecule has 130 valence electrons. The molecule has 0 saturated carbocycles. The van der Waals surface area contributed by atoms with E-state index in [-0.39, 0.29) is 6.03 Å². The lowest BCUT2D eigenvalue weighted by atomic mass is 10.1. The monoisotopic (exact) mass is 347 g/mol. The summed E-state index contributed by atoms with van der Waals surface area (Å²) in [5.41, 5.74) is 2.28. The zero-order valence-corrected chi connectivity index (χ0v) is 15.1. The highest BCUT2D eigenvalue weighted by atomic mass is 32.1. The number of hydrogen-bond acceptors (Lipinski definition) is 4. The number of thiazole rings is 1. The average Bonchev–Trinajstić information content (AvgIpc) is 3.02. The molecule has 6 heteroatoms. The molecule has 2 rings (SSSR count). The van der Waals surface area contributed by atoms with Crippen molar-refractivity contribution < 1.29 is 9.53 Å². The summed E-state index contributed by atoms with van der Waals surface area (Å²) < 4.78 is 5.12. The predicted molar refractivity (Wildman–Crippen MR) is 97.3 cm³/mol. The fourth-order valence-corrected chi connectivity index (χ4v) is 3.09. The lowest BCUT2D eigenvalue weighted by molar-refractivity contribution is 0.148. The molecule has 0 bridgehead atoms. The van der Waals surface area contributed by atoms with E-state index < -0.39 is 0 Å². The highest BCUT2D eigenvalue weighted by molar-refractivity contribution is 7.09. The maximum absolute atomic E-state index is 12.4. The predicted octanol–water partition coefficient (Wildman–Crippen LogP) is 3.24. The molecule has 0 radical (unpaired) electrons. The quantitative estimate of drug-likeness (QED) is 0.758. The number of rotatable bonds is 9. The van der Waals surface area contributed by atoms with Gasteiger partial charge in [0.25, 0.3) is 0 Å². The number of nitrogens with one attached hydrogen (secondary N) is 1. The number of hydrogen-bond donors (Lipinski definition) is 1. The van der Waals surface area contributed by atoms with Crippen LogP contribution in [0.15, 0.2) is 35.7 Å². The Bertz CT molecular complexity index is 616. The van der Waals surface area contributed by atoms with E-state index >= 15 is 0 Å².